The predicted octanol–water partition coefficient (Wildman–Crippen LogP) is -0.516. The van der Waals surface area contributed by atoms with Crippen LogP contribution >= 0.6 is 0 Å². The number of aliphatic hydroxyl groups excluding tert-OH is 2. The van der Waals surface area contributed by atoms with E-state index in [4.69, 9.17) is 10.2 Å². The molecule has 0 radical (unpaired) electrons. The van der Waals surface area contributed by atoms with Crippen molar-refractivity contribution in [3.05, 3.63) is 0 Å². The fourth-order valence-electron chi connectivity index (χ4n) is 0.737. The molecule has 0 aromatic rings. The molecule has 0 aliphatic heterocycles. The van der Waals surface area contributed by atoms with E-state index in [0.29, 0.717) is 0 Å². The molecule has 0 aliphatic rings. The number of nitrogens with zero attached hydrogens (tertiary/aromatic N) is 2. The molecule has 5 nitrogen and oxygen atoms in total. The van der Waals surface area contributed by atoms with Gasteiger partial charge in [-0.05, 0) is 6.92 Å². The molecule has 0 aromatic carbocycles. The SMILES string of the molecule is CC=NC(=O)N(CCO)CCO. The minimum absolute atomic E-state index is 0.120. The first-order valence-electron chi connectivity index (χ1n) is 3.75. The van der Waals surface area contributed by atoms with Gasteiger partial charge >= 0.3 is 6.03 Å². The maximum absolute atomic E-state index is 11.0. The third-order valence-corrected chi connectivity index (χ3v) is 1.25. The lowest BCUT2D eigenvalue weighted by Gasteiger charge is -2.17. The summed E-state index contributed by atoms with van der Waals surface area (Å²) in [6, 6.07) is -0.430. The molecule has 2 N–H and O–H groups in total. The molecule has 0 heterocycles. The van der Waals surface area contributed by atoms with Gasteiger partial charge in [-0.1, -0.05) is 0 Å². The Labute approximate surface area is 71.3 Å². The van der Waals surface area contributed by atoms with Crippen LogP contribution in [0.5, 0.6) is 0 Å². The largest absolute Gasteiger partial charge is 0.395 e. The molecule has 0 unspecified atom stereocenters. The summed E-state index contributed by atoms with van der Waals surface area (Å²) in [4.78, 5) is 15.8. The molecule has 2 amide bonds. The molecule has 70 valence electrons. The van der Waals surface area contributed by atoms with Gasteiger partial charge in [0.25, 0.3) is 0 Å². The van der Waals surface area contributed by atoms with E-state index in [2.05, 4.69) is 4.99 Å². The molecule has 0 aromatic heterocycles. The number of hydrogen-bond acceptors (Lipinski definition) is 3. The molecule has 0 aliphatic carbocycles. The molecule has 0 saturated heterocycles. The van der Waals surface area contributed by atoms with Gasteiger partial charge in [0.2, 0.25) is 0 Å². The van der Waals surface area contributed by atoms with Crippen molar-refractivity contribution in [2.75, 3.05) is 26.3 Å². The van der Waals surface area contributed by atoms with Crippen LogP contribution in [-0.2, 0) is 0 Å². The number of aliphatic imine (C=N–C) groups is 1. The maximum atomic E-state index is 11.0. The van der Waals surface area contributed by atoms with Crippen LogP contribution < -0.4 is 0 Å². The summed E-state index contributed by atoms with van der Waals surface area (Å²) in [5.74, 6) is 0. The molecule has 0 fully saturated rings. The number of amides is 2. The van der Waals surface area contributed by atoms with E-state index in [9.17, 15) is 4.79 Å². The highest BCUT2D eigenvalue weighted by atomic mass is 16.3. The highest BCUT2D eigenvalue weighted by Crippen LogP contribution is 1.91. The van der Waals surface area contributed by atoms with Crippen LogP contribution in [0.3, 0.4) is 0 Å². The number of hydrogen-bond donors (Lipinski definition) is 2. The van der Waals surface area contributed by atoms with Gasteiger partial charge in [0.15, 0.2) is 0 Å². The van der Waals surface area contributed by atoms with E-state index >= 15 is 0 Å². The van der Waals surface area contributed by atoms with Crippen molar-refractivity contribution >= 4 is 12.2 Å². The minimum atomic E-state index is -0.430. The van der Waals surface area contributed by atoms with E-state index in [0.717, 1.165) is 0 Å². The van der Waals surface area contributed by atoms with Crippen LogP contribution in [0.15, 0.2) is 4.99 Å². The summed E-state index contributed by atoms with van der Waals surface area (Å²) in [6.07, 6.45) is 1.38. The van der Waals surface area contributed by atoms with Gasteiger partial charge in [0, 0.05) is 19.3 Å². The van der Waals surface area contributed by atoms with Crippen molar-refractivity contribution in [2.24, 2.45) is 4.99 Å². The van der Waals surface area contributed by atoms with Gasteiger partial charge in [-0.2, -0.15) is 0 Å². The normalized spacial score (nSPS) is 10.6. The average molecular weight is 174 g/mol. The van der Waals surface area contributed by atoms with Crippen LogP contribution in [0.2, 0.25) is 0 Å². The van der Waals surface area contributed by atoms with Crippen molar-refractivity contribution in [3.8, 4) is 0 Å². The smallest absolute Gasteiger partial charge is 0.343 e. The summed E-state index contributed by atoms with van der Waals surface area (Å²) in [7, 11) is 0. The standard InChI is InChI=1S/C7H14N2O3/c1-2-8-7(12)9(3-5-10)4-6-11/h2,10-11H,3-6H2,1H3. The summed E-state index contributed by atoms with van der Waals surface area (Å²) in [5.41, 5.74) is 0. The molecule has 12 heavy (non-hydrogen) atoms. The van der Waals surface area contributed by atoms with Crippen molar-refractivity contribution < 1.29 is 15.0 Å². The average Bonchev–Trinajstić information content (AvgIpc) is 2.04. The zero-order valence-electron chi connectivity index (χ0n) is 7.10. The van der Waals surface area contributed by atoms with Gasteiger partial charge in [-0.25, -0.2) is 9.79 Å². The zero-order valence-corrected chi connectivity index (χ0v) is 7.10. The molecular formula is C7H14N2O3. The number of aliphatic hydroxyl groups is 2. The van der Waals surface area contributed by atoms with Gasteiger partial charge in [-0.3, -0.25) is 0 Å². The zero-order chi connectivity index (χ0) is 9.40. The van der Waals surface area contributed by atoms with Crippen LogP contribution in [0.1, 0.15) is 6.92 Å². The van der Waals surface area contributed by atoms with Crippen molar-refractivity contribution in [1.82, 2.24) is 4.90 Å². The fourth-order valence-corrected chi connectivity index (χ4v) is 0.737. The lowest BCUT2D eigenvalue weighted by Crippen LogP contribution is -2.33. The first-order chi connectivity index (χ1) is 5.76. The van der Waals surface area contributed by atoms with Gasteiger partial charge < -0.3 is 15.1 Å². The highest BCUT2D eigenvalue weighted by molar-refractivity contribution is 5.82. The molecule has 0 rings (SSSR count). The highest BCUT2D eigenvalue weighted by Gasteiger charge is 2.09. The Morgan fingerprint density at radius 1 is 1.42 bits per heavy atom. The molecule has 0 spiro atoms. The molecule has 0 bridgehead atoms. The number of carbonyl (C=O) groups is 1. The number of carbonyl (C=O) groups excluding carboxylic acids is 1. The molecular weight excluding hydrogens is 160 g/mol. The maximum Gasteiger partial charge on any atom is 0.343 e. The van der Waals surface area contributed by atoms with Crippen LogP contribution in [0.4, 0.5) is 4.79 Å². The third-order valence-electron chi connectivity index (χ3n) is 1.25. The Morgan fingerprint density at radius 2 is 1.92 bits per heavy atom. The molecule has 5 heteroatoms. The second-order valence-electron chi connectivity index (χ2n) is 2.10. The van der Waals surface area contributed by atoms with E-state index in [1.54, 1.807) is 6.92 Å². The van der Waals surface area contributed by atoms with Crippen molar-refractivity contribution in [2.45, 2.75) is 6.92 Å². The van der Waals surface area contributed by atoms with Crippen LogP contribution in [0, 0.1) is 0 Å². The summed E-state index contributed by atoms with van der Waals surface area (Å²) < 4.78 is 0. The van der Waals surface area contributed by atoms with E-state index in [1.807, 2.05) is 0 Å². The van der Waals surface area contributed by atoms with Crippen LogP contribution in [-0.4, -0.2) is 53.7 Å². The summed E-state index contributed by atoms with van der Waals surface area (Å²) >= 11 is 0. The lowest BCUT2D eigenvalue weighted by molar-refractivity contribution is 0.165. The van der Waals surface area contributed by atoms with E-state index in [1.165, 1.54) is 11.1 Å². The summed E-state index contributed by atoms with van der Waals surface area (Å²) in [5, 5.41) is 17.1. The Morgan fingerprint density at radius 3 is 2.25 bits per heavy atom. The molecule has 0 saturated carbocycles. The second-order valence-corrected chi connectivity index (χ2v) is 2.10. The third kappa shape index (κ3) is 4.05. The van der Waals surface area contributed by atoms with Gasteiger partial charge in [-0.15, -0.1) is 0 Å². The van der Waals surface area contributed by atoms with E-state index < -0.39 is 6.03 Å². The fraction of sp³-hybridized carbons (Fsp3) is 0.714. The number of rotatable bonds is 4. The van der Waals surface area contributed by atoms with Gasteiger partial charge in [0.1, 0.15) is 0 Å². The Hall–Kier alpha value is -0.940. The Balaban J connectivity index is 3.98. The van der Waals surface area contributed by atoms with Crippen molar-refractivity contribution in [1.29, 1.82) is 0 Å². The van der Waals surface area contributed by atoms with Crippen molar-refractivity contribution in [3.63, 3.8) is 0 Å². The monoisotopic (exact) mass is 174 g/mol. The van der Waals surface area contributed by atoms with Crippen LogP contribution in [0.25, 0.3) is 0 Å². The minimum Gasteiger partial charge on any atom is -0.395 e. The Bertz CT molecular complexity index is 153. The predicted molar refractivity (Wildman–Crippen MR) is 45.3 cm³/mol. The summed E-state index contributed by atoms with van der Waals surface area (Å²) in [6.45, 7) is 1.80. The first-order valence-corrected chi connectivity index (χ1v) is 3.75. The molecule has 0 atom stereocenters. The number of urea groups is 1. The second kappa shape index (κ2) is 6.75. The van der Waals surface area contributed by atoms with Gasteiger partial charge in [0.05, 0.1) is 13.2 Å². The topological polar surface area (TPSA) is 73.1 Å². The van der Waals surface area contributed by atoms with E-state index in [-0.39, 0.29) is 26.3 Å². The lowest BCUT2D eigenvalue weighted by atomic mass is 10.5. The quantitative estimate of drug-likeness (QED) is 0.563. The first kappa shape index (κ1) is 11.1. The Kier molecular flexibility index (Phi) is 6.22.